The van der Waals surface area contributed by atoms with Crippen LogP contribution >= 0.6 is 11.3 Å². The standard InChI is InChI=1S/C15H17N3OS/c1-9-6-12(19)4-5-13(9)16-7-14-11(3)17-15-18(14)8-10(2)20-15/h4-6,8,16,19H,7H2,1-3H3. The Kier molecular flexibility index (Phi) is 3.14. The lowest BCUT2D eigenvalue weighted by molar-refractivity contribution is 0.475. The second-order valence-corrected chi connectivity index (χ2v) is 6.20. The molecular formula is C15H17N3OS. The molecule has 0 radical (unpaired) electrons. The van der Waals surface area contributed by atoms with Crippen molar-refractivity contribution >= 4 is 22.0 Å². The summed E-state index contributed by atoms with van der Waals surface area (Å²) in [5.41, 5.74) is 4.30. The summed E-state index contributed by atoms with van der Waals surface area (Å²) in [6.45, 7) is 6.83. The first kappa shape index (κ1) is 13.0. The van der Waals surface area contributed by atoms with Crippen LogP contribution in [-0.4, -0.2) is 14.5 Å². The molecule has 2 aromatic heterocycles. The summed E-state index contributed by atoms with van der Waals surface area (Å²) in [5.74, 6) is 0.296. The summed E-state index contributed by atoms with van der Waals surface area (Å²) < 4.78 is 2.15. The molecule has 0 aliphatic rings. The number of thiazole rings is 1. The van der Waals surface area contributed by atoms with Crippen molar-refractivity contribution in [2.75, 3.05) is 5.32 Å². The van der Waals surface area contributed by atoms with Crippen LogP contribution in [0.5, 0.6) is 5.75 Å². The van der Waals surface area contributed by atoms with Crippen molar-refractivity contribution in [2.45, 2.75) is 27.3 Å². The molecule has 0 aliphatic carbocycles. The van der Waals surface area contributed by atoms with Crippen LogP contribution in [0.3, 0.4) is 0 Å². The predicted molar refractivity (Wildman–Crippen MR) is 82.7 cm³/mol. The van der Waals surface area contributed by atoms with Gasteiger partial charge in [0, 0.05) is 16.8 Å². The van der Waals surface area contributed by atoms with Crippen molar-refractivity contribution in [1.29, 1.82) is 0 Å². The van der Waals surface area contributed by atoms with E-state index < -0.39 is 0 Å². The van der Waals surface area contributed by atoms with Gasteiger partial charge in [-0.3, -0.25) is 4.40 Å². The van der Waals surface area contributed by atoms with Gasteiger partial charge in [-0.05, 0) is 44.5 Å². The first-order valence-electron chi connectivity index (χ1n) is 6.52. The Morgan fingerprint density at radius 3 is 2.85 bits per heavy atom. The van der Waals surface area contributed by atoms with E-state index in [4.69, 9.17) is 0 Å². The number of fused-ring (bicyclic) bond motifs is 1. The van der Waals surface area contributed by atoms with E-state index in [1.54, 1.807) is 23.5 Å². The highest BCUT2D eigenvalue weighted by molar-refractivity contribution is 7.17. The summed E-state index contributed by atoms with van der Waals surface area (Å²) in [4.78, 5) is 6.88. The van der Waals surface area contributed by atoms with Crippen molar-refractivity contribution in [1.82, 2.24) is 9.38 Å². The van der Waals surface area contributed by atoms with Crippen LogP contribution in [0.4, 0.5) is 5.69 Å². The summed E-state index contributed by atoms with van der Waals surface area (Å²) in [5, 5.41) is 12.9. The Balaban J connectivity index is 1.87. The largest absolute Gasteiger partial charge is 0.508 e. The van der Waals surface area contributed by atoms with E-state index >= 15 is 0 Å². The van der Waals surface area contributed by atoms with Gasteiger partial charge in [0.05, 0.1) is 17.9 Å². The molecule has 0 saturated carbocycles. The Morgan fingerprint density at radius 1 is 1.30 bits per heavy atom. The van der Waals surface area contributed by atoms with Gasteiger partial charge < -0.3 is 10.4 Å². The molecule has 4 nitrogen and oxygen atoms in total. The SMILES string of the molecule is Cc1cn2c(CNc3ccc(O)cc3C)c(C)nc2s1. The van der Waals surface area contributed by atoms with E-state index in [2.05, 4.69) is 27.8 Å². The van der Waals surface area contributed by atoms with E-state index in [0.29, 0.717) is 5.75 Å². The minimum absolute atomic E-state index is 0.296. The minimum Gasteiger partial charge on any atom is -0.508 e. The minimum atomic E-state index is 0.296. The smallest absolute Gasteiger partial charge is 0.194 e. The molecule has 0 saturated heterocycles. The highest BCUT2D eigenvalue weighted by atomic mass is 32.1. The molecule has 5 heteroatoms. The van der Waals surface area contributed by atoms with Gasteiger partial charge in [0.25, 0.3) is 0 Å². The number of anilines is 1. The number of aromatic hydroxyl groups is 1. The lowest BCUT2D eigenvalue weighted by Crippen LogP contribution is -2.04. The molecule has 0 aliphatic heterocycles. The summed E-state index contributed by atoms with van der Waals surface area (Å²) in [7, 11) is 0. The van der Waals surface area contributed by atoms with E-state index in [9.17, 15) is 5.11 Å². The van der Waals surface area contributed by atoms with Gasteiger partial charge in [-0.1, -0.05) is 0 Å². The molecular weight excluding hydrogens is 270 g/mol. The Hall–Kier alpha value is -2.01. The molecule has 0 unspecified atom stereocenters. The summed E-state index contributed by atoms with van der Waals surface area (Å²) >= 11 is 1.70. The number of imidazole rings is 1. The number of rotatable bonds is 3. The zero-order chi connectivity index (χ0) is 14.3. The first-order valence-corrected chi connectivity index (χ1v) is 7.33. The van der Waals surface area contributed by atoms with Crippen LogP contribution in [0.2, 0.25) is 0 Å². The highest BCUT2D eigenvalue weighted by Gasteiger charge is 2.11. The quantitative estimate of drug-likeness (QED) is 0.723. The Labute approximate surface area is 121 Å². The molecule has 1 aromatic carbocycles. The lowest BCUT2D eigenvalue weighted by Gasteiger charge is -2.10. The van der Waals surface area contributed by atoms with Crippen molar-refractivity contribution in [3.8, 4) is 5.75 Å². The molecule has 2 heterocycles. The Bertz CT molecular complexity index is 773. The number of hydrogen-bond acceptors (Lipinski definition) is 4. The number of aromatic nitrogens is 2. The van der Waals surface area contributed by atoms with Crippen molar-refractivity contribution in [2.24, 2.45) is 0 Å². The van der Waals surface area contributed by atoms with Gasteiger partial charge in [-0.25, -0.2) is 4.98 Å². The summed E-state index contributed by atoms with van der Waals surface area (Å²) in [6, 6.07) is 5.36. The average molecular weight is 287 g/mol. The second kappa shape index (κ2) is 4.83. The molecule has 0 fully saturated rings. The molecule has 0 spiro atoms. The third kappa shape index (κ3) is 2.25. The number of nitrogens with one attached hydrogen (secondary N) is 1. The molecule has 0 atom stereocenters. The molecule has 0 amide bonds. The monoisotopic (exact) mass is 287 g/mol. The van der Waals surface area contributed by atoms with Gasteiger partial charge in [-0.15, -0.1) is 11.3 Å². The van der Waals surface area contributed by atoms with Crippen LogP contribution < -0.4 is 5.32 Å². The van der Waals surface area contributed by atoms with Crippen LogP contribution in [0.1, 0.15) is 21.8 Å². The maximum Gasteiger partial charge on any atom is 0.194 e. The van der Waals surface area contributed by atoms with E-state index in [0.717, 1.165) is 28.5 Å². The van der Waals surface area contributed by atoms with Crippen LogP contribution in [0, 0.1) is 20.8 Å². The van der Waals surface area contributed by atoms with Crippen LogP contribution in [0.15, 0.2) is 24.4 Å². The maximum atomic E-state index is 9.44. The fraction of sp³-hybridized carbons (Fsp3) is 0.267. The van der Waals surface area contributed by atoms with E-state index in [1.165, 1.54) is 10.6 Å². The highest BCUT2D eigenvalue weighted by Crippen LogP contribution is 2.23. The number of nitrogens with zero attached hydrogens (tertiary/aromatic N) is 2. The Morgan fingerprint density at radius 2 is 2.10 bits per heavy atom. The van der Waals surface area contributed by atoms with Gasteiger partial charge >= 0.3 is 0 Å². The maximum absolute atomic E-state index is 9.44. The molecule has 20 heavy (non-hydrogen) atoms. The van der Waals surface area contributed by atoms with Gasteiger partial charge in [0.15, 0.2) is 4.96 Å². The third-order valence-corrected chi connectivity index (χ3v) is 4.30. The zero-order valence-corrected chi connectivity index (χ0v) is 12.6. The van der Waals surface area contributed by atoms with Crippen molar-refractivity contribution in [3.05, 3.63) is 46.2 Å². The summed E-state index contributed by atoms with van der Waals surface area (Å²) in [6.07, 6.45) is 2.13. The zero-order valence-electron chi connectivity index (χ0n) is 11.8. The average Bonchev–Trinajstić information content (AvgIpc) is 2.84. The number of benzene rings is 1. The van der Waals surface area contributed by atoms with Crippen molar-refractivity contribution < 1.29 is 5.11 Å². The van der Waals surface area contributed by atoms with Crippen LogP contribution in [-0.2, 0) is 6.54 Å². The third-order valence-electron chi connectivity index (χ3n) is 3.40. The number of phenols is 1. The van der Waals surface area contributed by atoms with Crippen LogP contribution in [0.25, 0.3) is 4.96 Å². The van der Waals surface area contributed by atoms with Gasteiger partial charge in [-0.2, -0.15) is 0 Å². The lowest BCUT2D eigenvalue weighted by atomic mass is 10.2. The van der Waals surface area contributed by atoms with Gasteiger partial charge in [0.2, 0.25) is 0 Å². The first-order chi connectivity index (χ1) is 9.54. The second-order valence-electron chi connectivity index (χ2n) is 4.99. The molecule has 2 N–H and O–H groups in total. The van der Waals surface area contributed by atoms with E-state index in [1.807, 2.05) is 19.9 Å². The van der Waals surface area contributed by atoms with Gasteiger partial charge in [0.1, 0.15) is 5.75 Å². The van der Waals surface area contributed by atoms with E-state index in [-0.39, 0.29) is 0 Å². The van der Waals surface area contributed by atoms with Crippen molar-refractivity contribution in [3.63, 3.8) is 0 Å². The predicted octanol–water partition coefficient (Wildman–Crippen LogP) is 3.64. The molecule has 3 rings (SSSR count). The fourth-order valence-corrected chi connectivity index (χ4v) is 3.24. The normalized spacial score (nSPS) is 11.2. The number of phenolic OH excluding ortho intramolecular Hbond substituents is 1. The molecule has 104 valence electrons. The topological polar surface area (TPSA) is 49.6 Å². The number of hydrogen-bond donors (Lipinski definition) is 2. The fourth-order valence-electron chi connectivity index (χ4n) is 2.35. The molecule has 0 bridgehead atoms. The number of aryl methyl sites for hydroxylation is 3. The molecule has 3 aromatic rings.